The third-order valence-corrected chi connectivity index (χ3v) is 3.72. The molecule has 0 aromatic carbocycles. The van der Waals surface area contributed by atoms with E-state index in [0.717, 1.165) is 25.9 Å². The molecule has 2 atom stereocenters. The fraction of sp³-hybridized carbons (Fsp3) is 0.923. The smallest absolute Gasteiger partial charge is 0.248 e. The Morgan fingerprint density at radius 3 is 2.88 bits per heavy atom. The molecule has 0 saturated carbocycles. The maximum atomic E-state index is 12.1. The van der Waals surface area contributed by atoms with Gasteiger partial charge in [0.15, 0.2) is 0 Å². The molecule has 0 aromatic heterocycles. The summed E-state index contributed by atoms with van der Waals surface area (Å²) in [5, 5.41) is 3.51. The van der Waals surface area contributed by atoms with Crippen LogP contribution in [0.25, 0.3) is 0 Å². The van der Waals surface area contributed by atoms with Gasteiger partial charge in [0.25, 0.3) is 0 Å². The van der Waals surface area contributed by atoms with Crippen LogP contribution in [0.2, 0.25) is 0 Å². The second-order valence-electron chi connectivity index (χ2n) is 5.36. The highest BCUT2D eigenvalue weighted by Gasteiger charge is 2.35. The molecule has 0 bridgehead atoms. The van der Waals surface area contributed by atoms with Crippen LogP contribution in [0.5, 0.6) is 0 Å². The Morgan fingerprint density at radius 1 is 1.41 bits per heavy atom. The minimum Gasteiger partial charge on any atom is -0.369 e. The maximum Gasteiger partial charge on any atom is 0.248 e. The Labute approximate surface area is 104 Å². The van der Waals surface area contributed by atoms with Crippen molar-refractivity contribution in [3.8, 4) is 0 Å². The highest BCUT2D eigenvalue weighted by molar-refractivity contribution is 5.78. The number of hydrogen-bond donors (Lipinski definition) is 1. The minimum atomic E-state index is 0.129. The largest absolute Gasteiger partial charge is 0.369 e. The summed E-state index contributed by atoms with van der Waals surface area (Å²) in [5.74, 6) is 0.162. The number of carbonyl (C=O) groups is 1. The first-order valence-electron chi connectivity index (χ1n) is 6.83. The third kappa shape index (κ3) is 3.19. The molecule has 0 spiro atoms. The first-order chi connectivity index (χ1) is 8.18. The number of ether oxygens (including phenoxy) is 1. The lowest BCUT2D eigenvalue weighted by molar-refractivity contribution is -0.138. The van der Waals surface area contributed by atoms with Gasteiger partial charge in [0.05, 0.1) is 6.10 Å². The van der Waals surface area contributed by atoms with Crippen molar-refractivity contribution >= 4 is 5.91 Å². The molecule has 0 aliphatic carbocycles. The van der Waals surface area contributed by atoms with E-state index in [-0.39, 0.29) is 18.6 Å². The predicted octanol–water partition coefficient (Wildman–Crippen LogP) is 1.15. The van der Waals surface area contributed by atoms with Gasteiger partial charge in [-0.3, -0.25) is 4.79 Å². The molecule has 17 heavy (non-hydrogen) atoms. The van der Waals surface area contributed by atoms with E-state index < -0.39 is 0 Å². The summed E-state index contributed by atoms with van der Waals surface area (Å²) in [5.41, 5.74) is 0. The van der Waals surface area contributed by atoms with E-state index in [9.17, 15) is 4.79 Å². The SMILES string of the molecule is CC(C)OCC(=O)N1CCCC1C1CCCN1. The molecular weight excluding hydrogens is 216 g/mol. The summed E-state index contributed by atoms with van der Waals surface area (Å²) in [6.07, 6.45) is 4.86. The van der Waals surface area contributed by atoms with Crippen molar-refractivity contribution in [2.45, 2.75) is 57.7 Å². The summed E-state index contributed by atoms with van der Waals surface area (Å²) in [6.45, 7) is 6.18. The molecule has 1 N–H and O–H groups in total. The quantitative estimate of drug-likeness (QED) is 0.801. The summed E-state index contributed by atoms with van der Waals surface area (Å²) in [4.78, 5) is 14.1. The number of likely N-dealkylation sites (tertiary alicyclic amines) is 1. The first kappa shape index (κ1) is 12.8. The molecule has 2 saturated heterocycles. The van der Waals surface area contributed by atoms with Crippen molar-refractivity contribution in [2.75, 3.05) is 19.7 Å². The molecule has 0 aromatic rings. The molecule has 2 unspecified atom stereocenters. The number of carbonyl (C=O) groups excluding carboxylic acids is 1. The normalized spacial score (nSPS) is 29.2. The Kier molecular flexibility index (Phi) is 4.40. The van der Waals surface area contributed by atoms with Crippen LogP contribution in [0.15, 0.2) is 0 Å². The molecule has 2 aliphatic rings. The van der Waals surface area contributed by atoms with E-state index in [4.69, 9.17) is 4.74 Å². The molecule has 98 valence electrons. The fourth-order valence-corrected chi connectivity index (χ4v) is 2.88. The zero-order valence-electron chi connectivity index (χ0n) is 10.9. The van der Waals surface area contributed by atoms with Crippen molar-refractivity contribution < 1.29 is 9.53 Å². The zero-order valence-corrected chi connectivity index (χ0v) is 10.9. The van der Waals surface area contributed by atoms with E-state index in [0.29, 0.717) is 12.1 Å². The van der Waals surface area contributed by atoms with Crippen LogP contribution < -0.4 is 5.32 Å². The van der Waals surface area contributed by atoms with Gasteiger partial charge in [0.2, 0.25) is 5.91 Å². The van der Waals surface area contributed by atoms with Crippen molar-refractivity contribution in [3.63, 3.8) is 0 Å². The molecule has 2 rings (SSSR count). The molecule has 2 fully saturated rings. The number of hydrogen-bond acceptors (Lipinski definition) is 3. The van der Waals surface area contributed by atoms with Crippen LogP contribution in [-0.2, 0) is 9.53 Å². The summed E-state index contributed by atoms with van der Waals surface area (Å²) in [6, 6.07) is 0.918. The number of rotatable bonds is 4. The molecule has 1 amide bonds. The van der Waals surface area contributed by atoms with Crippen molar-refractivity contribution in [1.82, 2.24) is 10.2 Å². The fourth-order valence-electron chi connectivity index (χ4n) is 2.88. The van der Waals surface area contributed by atoms with E-state index in [2.05, 4.69) is 5.32 Å². The van der Waals surface area contributed by atoms with Crippen LogP contribution in [0.4, 0.5) is 0 Å². The van der Waals surface area contributed by atoms with Crippen LogP contribution in [0, 0.1) is 0 Å². The Bertz CT molecular complexity index is 262. The van der Waals surface area contributed by atoms with Gasteiger partial charge in [-0.25, -0.2) is 0 Å². The average Bonchev–Trinajstić information content (AvgIpc) is 2.94. The first-order valence-corrected chi connectivity index (χ1v) is 6.83. The van der Waals surface area contributed by atoms with Gasteiger partial charge >= 0.3 is 0 Å². The van der Waals surface area contributed by atoms with E-state index in [1.54, 1.807) is 0 Å². The molecule has 0 radical (unpaired) electrons. The van der Waals surface area contributed by atoms with Crippen molar-refractivity contribution in [3.05, 3.63) is 0 Å². The van der Waals surface area contributed by atoms with Crippen LogP contribution >= 0.6 is 0 Å². The van der Waals surface area contributed by atoms with Crippen LogP contribution in [0.1, 0.15) is 39.5 Å². The molecule has 4 nitrogen and oxygen atoms in total. The lowest BCUT2D eigenvalue weighted by Gasteiger charge is -2.29. The van der Waals surface area contributed by atoms with Crippen molar-refractivity contribution in [2.24, 2.45) is 0 Å². The Balaban J connectivity index is 1.87. The zero-order chi connectivity index (χ0) is 12.3. The summed E-state index contributed by atoms with van der Waals surface area (Å²) in [7, 11) is 0. The Morgan fingerprint density at radius 2 is 2.24 bits per heavy atom. The third-order valence-electron chi connectivity index (χ3n) is 3.72. The monoisotopic (exact) mass is 240 g/mol. The van der Waals surface area contributed by atoms with Gasteiger partial charge in [0.1, 0.15) is 6.61 Å². The Hall–Kier alpha value is -0.610. The number of nitrogens with zero attached hydrogens (tertiary/aromatic N) is 1. The second-order valence-corrected chi connectivity index (χ2v) is 5.36. The van der Waals surface area contributed by atoms with Gasteiger partial charge in [-0.1, -0.05) is 0 Å². The molecular formula is C13H24N2O2. The number of amides is 1. The average molecular weight is 240 g/mol. The molecule has 4 heteroatoms. The maximum absolute atomic E-state index is 12.1. The highest BCUT2D eigenvalue weighted by atomic mass is 16.5. The topological polar surface area (TPSA) is 41.6 Å². The molecule has 2 heterocycles. The standard InChI is InChI=1S/C13H24N2O2/c1-10(2)17-9-13(16)15-8-4-6-12(15)11-5-3-7-14-11/h10-12,14H,3-9H2,1-2H3. The molecule has 2 aliphatic heterocycles. The van der Waals surface area contributed by atoms with E-state index in [1.807, 2.05) is 18.7 Å². The number of nitrogens with one attached hydrogen (secondary N) is 1. The van der Waals surface area contributed by atoms with Gasteiger partial charge in [0, 0.05) is 18.6 Å². The van der Waals surface area contributed by atoms with E-state index >= 15 is 0 Å². The van der Waals surface area contributed by atoms with Gasteiger partial charge in [-0.15, -0.1) is 0 Å². The van der Waals surface area contributed by atoms with Gasteiger partial charge in [-0.2, -0.15) is 0 Å². The predicted molar refractivity (Wildman–Crippen MR) is 66.8 cm³/mol. The highest BCUT2D eigenvalue weighted by Crippen LogP contribution is 2.24. The minimum absolute atomic E-state index is 0.129. The van der Waals surface area contributed by atoms with Gasteiger partial charge in [-0.05, 0) is 46.1 Å². The van der Waals surface area contributed by atoms with Crippen LogP contribution in [-0.4, -0.2) is 48.7 Å². The van der Waals surface area contributed by atoms with Crippen molar-refractivity contribution in [1.29, 1.82) is 0 Å². The lowest BCUT2D eigenvalue weighted by atomic mass is 10.0. The summed E-state index contributed by atoms with van der Waals surface area (Å²) >= 11 is 0. The van der Waals surface area contributed by atoms with E-state index in [1.165, 1.54) is 12.8 Å². The second kappa shape index (κ2) is 5.83. The summed E-state index contributed by atoms with van der Waals surface area (Å²) < 4.78 is 5.42. The van der Waals surface area contributed by atoms with Gasteiger partial charge < -0.3 is 15.0 Å². The van der Waals surface area contributed by atoms with Crippen LogP contribution in [0.3, 0.4) is 0 Å². The lowest BCUT2D eigenvalue weighted by Crippen LogP contribution is -2.47.